The second-order valence-electron chi connectivity index (χ2n) is 5.36. The fourth-order valence-electron chi connectivity index (χ4n) is 2.61. The van der Waals surface area contributed by atoms with Crippen LogP contribution in [0.5, 0.6) is 0 Å². The molecule has 106 valence electrons. The Morgan fingerprint density at radius 2 is 1.72 bits per heavy atom. The van der Waals surface area contributed by atoms with Gasteiger partial charge in [0, 0.05) is 37.9 Å². The van der Waals surface area contributed by atoms with Gasteiger partial charge in [-0.15, -0.1) is 0 Å². The number of hydrogen-bond acceptors (Lipinski definition) is 4. The van der Waals surface area contributed by atoms with Crippen molar-refractivity contribution in [1.29, 1.82) is 0 Å². The van der Waals surface area contributed by atoms with Gasteiger partial charge in [-0.1, -0.05) is 0 Å². The summed E-state index contributed by atoms with van der Waals surface area (Å²) in [5.41, 5.74) is 5.67. The van der Waals surface area contributed by atoms with Crippen LogP contribution in [0.1, 0.15) is 19.3 Å². The summed E-state index contributed by atoms with van der Waals surface area (Å²) in [4.78, 5) is 2.21. The Hall–Kier alpha value is -0.370. The van der Waals surface area contributed by atoms with Gasteiger partial charge in [-0.05, 0) is 19.3 Å². The quantitative estimate of drug-likeness (QED) is 0.668. The first kappa shape index (κ1) is 14.0. The standard InChI is InChI=1S/C11H21F3N4/c12-11(13,14)6-16-9-1-2-10(3-9)17-7-18-4-8(15)5-18/h8-10,16-17H,1-7,15H2. The molecule has 18 heavy (non-hydrogen) atoms. The Kier molecular flexibility index (Phi) is 4.47. The molecule has 1 heterocycles. The van der Waals surface area contributed by atoms with E-state index in [2.05, 4.69) is 15.5 Å². The molecule has 0 amide bonds. The molecule has 2 atom stereocenters. The SMILES string of the molecule is NC1CN(CNC2CCC(NCC(F)(F)F)C2)C1. The summed E-state index contributed by atoms with van der Waals surface area (Å²) < 4.78 is 36.2. The first-order chi connectivity index (χ1) is 8.42. The molecule has 0 spiro atoms. The van der Waals surface area contributed by atoms with Crippen LogP contribution in [0.4, 0.5) is 13.2 Å². The van der Waals surface area contributed by atoms with Gasteiger partial charge in [0.1, 0.15) is 0 Å². The third-order valence-corrected chi connectivity index (χ3v) is 3.61. The zero-order chi connectivity index (χ0) is 13.2. The van der Waals surface area contributed by atoms with Crippen molar-refractivity contribution in [3.63, 3.8) is 0 Å². The summed E-state index contributed by atoms with van der Waals surface area (Å²) in [6.45, 7) is 1.74. The first-order valence-corrected chi connectivity index (χ1v) is 6.44. The molecule has 1 saturated heterocycles. The van der Waals surface area contributed by atoms with E-state index in [1.165, 1.54) is 0 Å². The molecule has 1 saturated carbocycles. The van der Waals surface area contributed by atoms with Crippen molar-refractivity contribution >= 4 is 0 Å². The van der Waals surface area contributed by atoms with Crippen LogP contribution in [0.3, 0.4) is 0 Å². The number of rotatable bonds is 5. The fraction of sp³-hybridized carbons (Fsp3) is 1.00. The molecule has 2 unspecified atom stereocenters. The third-order valence-electron chi connectivity index (χ3n) is 3.61. The Labute approximate surface area is 105 Å². The van der Waals surface area contributed by atoms with Crippen molar-refractivity contribution in [2.24, 2.45) is 5.73 Å². The minimum Gasteiger partial charge on any atom is -0.325 e. The largest absolute Gasteiger partial charge is 0.401 e. The molecular weight excluding hydrogens is 245 g/mol. The van der Waals surface area contributed by atoms with Crippen LogP contribution in [0.2, 0.25) is 0 Å². The van der Waals surface area contributed by atoms with Crippen LogP contribution in [0.25, 0.3) is 0 Å². The molecule has 2 fully saturated rings. The van der Waals surface area contributed by atoms with E-state index in [4.69, 9.17) is 5.73 Å². The number of likely N-dealkylation sites (tertiary alicyclic amines) is 1. The molecule has 1 aliphatic heterocycles. The third kappa shape index (κ3) is 4.38. The minimum atomic E-state index is -4.11. The average molecular weight is 266 g/mol. The Balaban J connectivity index is 1.57. The molecule has 0 aromatic carbocycles. The van der Waals surface area contributed by atoms with E-state index in [-0.39, 0.29) is 12.1 Å². The molecule has 2 aliphatic rings. The van der Waals surface area contributed by atoms with Gasteiger partial charge in [0.2, 0.25) is 0 Å². The highest BCUT2D eigenvalue weighted by Gasteiger charge is 2.31. The molecule has 0 aromatic heterocycles. The molecular formula is C11H21F3N4. The lowest BCUT2D eigenvalue weighted by Gasteiger charge is -2.37. The smallest absolute Gasteiger partial charge is 0.325 e. The molecule has 4 N–H and O–H groups in total. The van der Waals surface area contributed by atoms with Crippen molar-refractivity contribution in [3.05, 3.63) is 0 Å². The molecule has 2 rings (SSSR count). The zero-order valence-corrected chi connectivity index (χ0v) is 10.3. The zero-order valence-electron chi connectivity index (χ0n) is 10.3. The molecule has 0 radical (unpaired) electrons. The van der Waals surface area contributed by atoms with Gasteiger partial charge >= 0.3 is 6.18 Å². The molecule has 0 aromatic rings. The summed E-state index contributed by atoms with van der Waals surface area (Å²) >= 11 is 0. The van der Waals surface area contributed by atoms with Gasteiger partial charge in [-0.3, -0.25) is 4.90 Å². The summed E-state index contributed by atoms with van der Waals surface area (Å²) in [5.74, 6) is 0. The monoisotopic (exact) mass is 266 g/mol. The van der Waals surface area contributed by atoms with Crippen LogP contribution in [0.15, 0.2) is 0 Å². The number of alkyl halides is 3. The topological polar surface area (TPSA) is 53.3 Å². The highest BCUT2D eigenvalue weighted by Crippen LogP contribution is 2.21. The summed E-state index contributed by atoms with van der Waals surface area (Å²) in [5, 5.41) is 5.96. The van der Waals surface area contributed by atoms with E-state index in [9.17, 15) is 13.2 Å². The van der Waals surface area contributed by atoms with Crippen LogP contribution in [0, 0.1) is 0 Å². The van der Waals surface area contributed by atoms with Crippen molar-refractivity contribution < 1.29 is 13.2 Å². The predicted molar refractivity (Wildman–Crippen MR) is 63.0 cm³/mol. The summed E-state index contributed by atoms with van der Waals surface area (Å²) in [7, 11) is 0. The summed E-state index contributed by atoms with van der Waals surface area (Å²) in [6, 6.07) is 0.604. The van der Waals surface area contributed by atoms with Crippen molar-refractivity contribution in [1.82, 2.24) is 15.5 Å². The van der Waals surface area contributed by atoms with Crippen molar-refractivity contribution in [3.8, 4) is 0 Å². The molecule has 7 heteroatoms. The number of nitrogens with two attached hydrogens (primary N) is 1. The van der Waals surface area contributed by atoms with Gasteiger partial charge in [-0.25, -0.2) is 0 Å². The predicted octanol–water partition coefficient (Wildman–Crippen LogP) is 0.249. The van der Waals surface area contributed by atoms with Crippen molar-refractivity contribution in [2.75, 3.05) is 26.3 Å². The van der Waals surface area contributed by atoms with Gasteiger partial charge < -0.3 is 16.4 Å². The van der Waals surface area contributed by atoms with E-state index in [1.807, 2.05) is 0 Å². The number of hydrogen-bond donors (Lipinski definition) is 3. The van der Waals surface area contributed by atoms with Crippen molar-refractivity contribution in [2.45, 2.75) is 43.6 Å². The molecule has 1 aliphatic carbocycles. The lowest BCUT2D eigenvalue weighted by atomic mass is 10.1. The van der Waals surface area contributed by atoms with Crippen LogP contribution >= 0.6 is 0 Å². The van der Waals surface area contributed by atoms with E-state index < -0.39 is 12.7 Å². The lowest BCUT2D eigenvalue weighted by molar-refractivity contribution is -0.126. The highest BCUT2D eigenvalue weighted by atomic mass is 19.4. The van der Waals surface area contributed by atoms with Gasteiger partial charge in [0.05, 0.1) is 6.54 Å². The van der Waals surface area contributed by atoms with Gasteiger partial charge in [0.15, 0.2) is 0 Å². The second kappa shape index (κ2) is 5.73. The average Bonchev–Trinajstić information content (AvgIpc) is 2.67. The Morgan fingerprint density at radius 3 is 2.28 bits per heavy atom. The first-order valence-electron chi connectivity index (χ1n) is 6.44. The van der Waals surface area contributed by atoms with Crippen LogP contribution in [-0.2, 0) is 0 Å². The van der Waals surface area contributed by atoms with Crippen LogP contribution in [-0.4, -0.2) is 55.5 Å². The fourth-order valence-corrected chi connectivity index (χ4v) is 2.61. The van der Waals surface area contributed by atoms with E-state index in [0.29, 0.717) is 6.04 Å². The highest BCUT2D eigenvalue weighted by molar-refractivity contribution is 4.87. The van der Waals surface area contributed by atoms with Gasteiger partial charge in [0.25, 0.3) is 0 Å². The Bertz CT molecular complexity index is 266. The molecule has 0 bridgehead atoms. The normalized spacial score (nSPS) is 30.7. The number of nitrogens with zero attached hydrogens (tertiary/aromatic N) is 1. The van der Waals surface area contributed by atoms with Gasteiger partial charge in [-0.2, -0.15) is 13.2 Å². The molecule has 4 nitrogen and oxygen atoms in total. The Morgan fingerprint density at radius 1 is 1.11 bits per heavy atom. The number of halogens is 3. The maximum atomic E-state index is 12.1. The summed E-state index contributed by atoms with van der Waals surface area (Å²) in [6.07, 6.45) is -1.59. The lowest BCUT2D eigenvalue weighted by Crippen LogP contribution is -2.58. The minimum absolute atomic E-state index is 0.0113. The maximum absolute atomic E-state index is 12.1. The van der Waals surface area contributed by atoms with E-state index in [0.717, 1.165) is 39.0 Å². The second-order valence-corrected chi connectivity index (χ2v) is 5.36. The van der Waals surface area contributed by atoms with Crippen LogP contribution < -0.4 is 16.4 Å². The van der Waals surface area contributed by atoms with E-state index >= 15 is 0 Å². The number of nitrogens with one attached hydrogen (secondary N) is 2. The maximum Gasteiger partial charge on any atom is 0.401 e. The van der Waals surface area contributed by atoms with E-state index in [1.54, 1.807) is 0 Å².